The van der Waals surface area contributed by atoms with Crippen LogP contribution in [-0.4, -0.2) is 9.13 Å². The highest BCUT2D eigenvalue weighted by atomic mass is 15.0. The standard InChI is InChI=1S/2C54H41N/c1-3-16-43-41(14-1)51(35-24-26-38(27-25-35)55-49-22-9-6-12-39(49)40-13-7-10-23-50(40)55)42-15-2-4-17-44(42)52(43)46-19-11-21-48-53(46)45-18-5-8-20-47(45)54(48)36-29-33-28-34(31-36)32-37(54)30-33;1-2-13-38(14-3-1)55-49-24-11-9-15-39(49)40-26-25-35(32-50(40)55)51-41-16-4-6-18-43(41)52(44-19-7-5-17-42(44)51)46-21-12-23-48-53(46)45-20-8-10-22-47(45)54(48)36-28-33-27-34(30-36)31-37(54)29-33/h1-27,33-34,36-37H,28-32H2;1-26,32-34,36-37H,27-31H2. The lowest BCUT2D eigenvalue weighted by atomic mass is 9.43. The lowest BCUT2D eigenvalue weighted by Crippen LogP contribution is -2.55. The highest BCUT2D eigenvalue weighted by Crippen LogP contribution is 2.72. The van der Waals surface area contributed by atoms with Gasteiger partial charge in [-0.15, -0.1) is 0 Å². The number of fused-ring (bicyclic) bond motifs is 16. The molecule has 8 saturated carbocycles. The largest absolute Gasteiger partial charge is 0.309 e. The molecule has 2 aromatic heterocycles. The van der Waals surface area contributed by atoms with E-state index in [1.165, 1.54) is 229 Å². The summed E-state index contributed by atoms with van der Waals surface area (Å²) in [6, 6.07) is 125. The monoisotopic (exact) mass is 1410 g/mol. The van der Waals surface area contributed by atoms with Crippen LogP contribution in [0.1, 0.15) is 86.5 Å². The Morgan fingerprint density at radius 2 is 0.482 bits per heavy atom. The van der Waals surface area contributed by atoms with Crippen LogP contribution in [0.3, 0.4) is 0 Å². The Morgan fingerprint density at radius 1 is 0.191 bits per heavy atom. The van der Waals surface area contributed by atoms with Gasteiger partial charge in [0, 0.05) is 43.7 Å². The van der Waals surface area contributed by atoms with Gasteiger partial charge in [0.15, 0.2) is 0 Å². The van der Waals surface area contributed by atoms with E-state index in [-0.39, 0.29) is 10.8 Å². The molecule has 28 rings (SSSR count). The van der Waals surface area contributed by atoms with Crippen molar-refractivity contribution in [3.63, 3.8) is 0 Å². The molecule has 8 fully saturated rings. The summed E-state index contributed by atoms with van der Waals surface area (Å²) in [5.74, 6) is 6.73. The normalized spacial score (nSPS) is 23.3. The molecule has 0 saturated heterocycles. The molecular formula is C108H82N2. The minimum absolute atomic E-state index is 0.146. The second-order valence-electron chi connectivity index (χ2n) is 34.4. The zero-order valence-electron chi connectivity index (χ0n) is 61.8. The molecular weight excluding hydrogens is 1330 g/mol. The molecule has 0 unspecified atom stereocenters. The Kier molecular flexibility index (Phi) is 13.2. The number of hydrogen-bond donors (Lipinski definition) is 0. The topological polar surface area (TPSA) is 9.86 Å². The first-order chi connectivity index (χ1) is 54.5. The maximum Gasteiger partial charge on any atom is 0.0547 e. The predicted octanol–water partition coefficient (Wildman–Crippen LogP) is 28.3. The summed E-state index contributed by atoms with van der Waals surface area (Å²) in [4.78, 5) is 0. The first-order valence-corrected chi connectivity index (χ1v) is 41.1. The number of benzene rings is 16. The first kappa shape index (κ1) is 62.1. The van der Waals surface area contributed by atoms with E-state index in [0.717, 1.165) is 47.3 Å². The molecule has 8 bridgehead atoms. The second-order valence-corrected chi connectivity index (χ2v) is 34.4. The van der Waals surface area contributed by atoms with Crippen LogP contribution in [0.5, 0.6) is 0 Å². The molecule has 2 nitrogen and oxygen atoms in total. The molecule has 0 N–H and O–H groups in total. The van der Waals surface area contributed by atoms with Crippen molar-refractivity contribution in [3.8, 4) is 78.1 Å². The van der Waals surface area contributed by atoms with Crippen LogP contribution >= 0.6 is 0 Å². The van der Waals surface area contributed by atoms with Crippen LogP contribution in [0.25, 0.3) is 165 Å². The smallest absolute Gasteiger partial charge is 0.0547 e. The number of aromatic nitrogens is 2. The second kappa shape index (κ2) is 23.3. The Balaban J connectivity index is 0.000000126. The SMILES string of the molecule is c1ccc(-n2c3ccccc3c3ccc(-c4c5ccccc5c(-c5cccc6c5-c5ccccc5C65C6CC7CC(C6)CC5C7)c5ccccc45)cc32)cc1.c1ccc2c(c1)-c1c(-c3c4ccccc4c(-c4ccc(-n5c6ccccc6c6ccccc65)cc4)c4ccccc34)cccc1C21C2CC3CC(C2)CC1C3. The van der Waals surface area contributed by atoms with Crippen molar-refractivity contribution >= 4 is 86.7 Å². The van der Waals surface area contributed by atoms with Gasteiger partial charge in [0.05, 0.1) is 22.1 Å². The molecule has 524 valence electrons. The summed E-state index contributed by atoms with van der Waals surface area (Å²) >= 11 is 0. The van der Waals surface area contributed by atoms with Gasteiger partial charge in [-0.05, 0) is 292 Å². The zero-order valence-corrected chi connectivity index (χ0v) is 61.8. The van der Waals surface area contributed by atoms with Crippen molar-refractivity contribution < 1.29 is 0 Å². The fraction of sp³-hybridized carbons (Fsp3) is 0.185. The fourth-order valence-corrected chi connectivity index (χ4v) is 26.2. The van der Waals surface area contributed by atoms with Gasteiger partial charge in [-0.3, -0.25) is 0 Å². The Bertz CT molecular complexity index is 6710. The molecule has 10 aliphatic carbocycles. The third-order valence-electron chi connectivity index (χ3n) is 29.5. The minimum Gasteiger partial charge on any atom is -0.309 e. The van der Waals surface area contributed by atoms with Gasteiger partial charge in [0.25, 0.3) is 0 Å². The van der Waals surface area contributed by atoms with Gasteiger partial charge in [-0.1, -0.05) is 279 Å². The predicted molar refractivity (Wildman–Crippen MR) is 460 cm³/mol. The third kappa shape index (κ3) is 8.39. The van der Waals surface area contributed by atoms with Gasteiger partial charge in [0.1, 0.15) is 0 Å². The third-order valence-corrected chi connectivity index (χ3v) is 29.5. The summed E-state index contributed by atoms with van der Waals surface area (Å²) in [5.41, 5.74) is 30.8. The summed E-state index contributed by atoms with van der Waals surface area (Å²) in [6.45, 7) is 0. The van der Waals surface area contributed by atoms with E-state index in [9.17, 15) is 0 Å². The van der Waals surface area contributed by atoms with E-state index in [1.807, 2.05) is 0 Å². The van der Waals surface area contributed by atoms with Crippen molar-refractivity contribution in [2.45, 2.75) is 75.0 Å². The average Bonchev–Trinajstić information content (AvgIpc) is 1.50. The van der Waals surface area contributed by atoms with E-state index < -0.39 is 0 Å². The molecule has 18 aromatic rings. The van der Waals surface area contributed by atoms with Gasteiger partial charge in [-0.25, -0.2) is 0 Å². The maximum absolute atomic E-state index is 2.54. The Labute approximate surface area is 641 Å². The molecule has 10 aliphatic rings. The van der Waals surface area contributed by atoms with Crippen molar-refractivity contribution in [2.24, 2.45) is 47.3 Å². The summed E-state index contributed by atoms with van der Waals surface area (Å²) < 4.78 is 4.86. The van der Waals surface area contributed by atoms with Crippen LogP contribution in [0.2, 0.25) is 0 Å². The summed E-state index contributed by atoms with van der Waals surface area (Å²) in [6.07, 6.45) is 14.2. The summed E-state index contributed by atoms with van der Waals surface area (Å²) in [7, 11) is 0. The van der Waals surface area contributed by atoms with Crippen molar-refractivity contribution in [1.82, 2.24) is 9.13 Å². The lowest BCUT2D eigenvalue weighted by molar-refractivity contribution is -0.0399. The average molecular weight is 1410 g/mol. The van der Waals surface area contributed by atoms with Crippen molar-refractivity contribution in [2.75, 3.05) is 0 Å². The van der Waals surface area contributed by atoms with Gasteiger partial charge in [0.2, 0.25) is 0 Å². The first-order valence-electron chi connectivity index (χ1n) is 41.1. The molecule has 2 heteroatoms. The maximum atomic E-state index is 2.54. The van der Waals surface area contributed by atoms with Crippen molar-refractivity contribution in [1.29, 1.82) is 0 Å². The van der Waals surface area contributed by atoms with E-state index in [4.69, 9.17) is 0 Å². The number of rotatable bonds is 6. The highest BCUT2D eigenvalue weighted by molar-refractivity contribution is 6.25. The van der Waals surface area contributed by atoms with Crippen molar-refractivity contribution in [3.05, 3.63) is 350 Å². The number of hydrogen-bond acceptors (Lipinski definition) is 0. The molecule has 0 atom stereocenters. The molecule has 0 aliphatic heterocycles. The van der Waals surface area contributed by atoms with Crippen LogP contribution in [0.4, 0.5) is 0 Å². The van der Waals surface area contributed by atoms with Crippen LogP contribution < -0.4 is 0 Å². The van der Waals surface area contributed by atoms with E-state index in [2.05, 4.69) is 337 Å². The van der Waals surface area contributed by atoms with E-state index in [0.29, 0.717) is 0 Å². The molecule has 0 radical (unpaired) electrons. The molecule has 110 heavy (non-hydrogen) atoms. The fourth-order valence-electron chi connectivity index (χ4n) is 26.2. The van der Waals surface area contributed by atoms with E-state index >= 15 is 0 Å². The lowest BCUT2D eigenvalue weighted by Gasteiger charge is -2.61. The molecule has 2 heterocycles. The molecule has 2 spiro atoms. The number of nitrogens with zero attached hydrogens (tertiary/aromatic N) is 2. The Morgan fingerprint density at radius 3 is 0.891 bits per heavy atom. The Hall–Kier alpha value is -11.8. The van der Waals surface area contributed by atoms with E-state index in [1.54, 1.807) is 22.3 Å². The van der Waals surface area contributed by atoms with Crippen LogP contribution in [-0.2, 0) is 10.8 Å². The highest BCUT2D eigenvalue weighted by Gasteiger charge is 2.63. The molecule has 16 aromatic carbocycles. The number of para-hydroxylation sites is 4. The molecule has 0 amide bonds. The van der Waals surface area contributed by atoms with Gasteiger partial charge < -0.3 is 9.13 Å². The van der Waals surface area contributed by atoms with Crippen LogP contribution in [0.15, 0.2) is 328 Å². The van der Waals surface area contributed by atoms with Crippen LogP contribution in [0, 0.1) is 47.3 Å². The van der Waals surface area contributed by atoms with Gasteiger partial charge >= 0.3 is 0 Å². The van der Waals surface area contributed by atoms with Gasteiger partial charge in [-0.2, -0.15) is 0 Å². The minimum atomic E-state index is 0.146. The summed E-state index contributed by atoms with van der Waals surface area (Å²) in [5, 5.41) is 15.7. The quantitative estimate of drug-likeness (QED) is 0.147. The zero-order chi connectivity index (χ0) is 71.7.